The number of benzene rings is 2. The van der Waals surface area contributed by atoms with Crippen LogP contribution in [0.5, 0.6) is 17.2 Å². The van der Waals surface area contributed by atoms with Crippen LogP contribution in [-0.2, 0) is 11.3 Å². The van der Waals surface area contributed by atoms with Crippen molar-refractivity contribution in [3.8, 4) is 17.2 Å². The molecule has 1 aliphatic heterocycles. The fourth-order valence-electron chi connectivity index (χ4n) is 2.32. The summed E-state index contributed by atoms with van der Waals surface area (Å²) in [4.78, 5) is 1.20. The molecule has 1 heterocycles. The van der Waals surface area contributed by atoms with E-state index in [-0.39, 0.29) is 11.2 Å². The predicted octanol–water partition coefficient (Wildman–Crippen LogP) is 3.73. The molecule has 1 unspecified atom stereocenters. The molecule has 0 saturated carbocycles. The summed E-state index contributed by atoms with van der Waals surface area (Å²) in [6.07, 6.45) is 0. The average Bonchev–Trinajstić information content (AvgIpc) is 2.53. The van der Waals surface area contributed by atoms with Crippen molar-refractivity contribution in [3.63, 3.8) is 0 Å². The molecular weight excluding hydrogens is 288 g/mol. The van der Waals surface area contributed by atoms with Gasteiger partial charge >= 0.3 is 0 Å². The van der Waals surface area contributed by atoms with Gasteiger partial charge in [0.05, 0.1) is 20.8 Å². The van der Waals surface area contributed by atoms with Gasteiger partial charge in [0.1, 0.15) is 5.44 Å². The van der Waals surface area contributed by atoms with E-state index in [0.29, 0.717) is 18.1 Å². The third kappa shape index (κ3) is 2.66. The van der Waals surface area contributed by atoms with Crippen LogP contribution in [0, 0.1) is 0 Å². The number of hydrogen-bond donors (Lipinski definition) is 1. The molecule has 1 N–H and O–H groups in total. The van der Waals surface area contributed by atoms with E-state index in [9.17, 15) is 5.11 Å². The molecule has 0 amide bonds. The maximum Gasteiger partial charge on any atom is 0.203 e. The number of rotatable bonds is 3. The number of phenolic OH excluding ortho intramolecular Hbond substituents is 1. The minimum Gasteiger partial charge on any atom is -0.504 e. The number of thioether (sulfide) groups is 1. The Kier molecular flexibility index (Phi) is 3.94. The minimum atomic E-state index is -0.175. The van der Waals surface area contributed by atoms with Gasteiger partial charge in [-0.15, -0.1) is 0 Å². The van der Waals surface area contributed by atoms with Crippen molar-refractivity contribution in [2.24, 2.45) is 0 Å². The smallest absolute Gasteiger partial charge is 0.203 e. The number of aromatic hydroxyl groups is 1. The SMILES string of the molecule is COc1cc(C2OCc3ccccc3S2)cc(O)c1OC. The number of ether oxygens (including phenoxy) is 3. The molecule has 110 valence electrons. The lowest BCUT2D eigenvalue weighted by Gasteiger charge is -2.25. The van der Waals surface area contributed by atoms with Gasteiger partial charge in [-0.1, -0.05) is 30.0 Å². The van der Waals surface area contributed by atoms with E-state index in [4.69, 9.17) is 14.2 Å². The molecule has 0 aromatic heterocycles. The van der Waals surface area contributed by atoms with E-state index in [0.717, 1.165) is 5.56 Å². The number of fused-ring (bicyclic) bond motifs is 1. The van der Waals surface area contributed by atoms with Crippen molar-refractivity contribution in [1.29, 1.82) is 0 Å². The zero-order chi connectivity index (χ0) is 14.8. The third-order valence-corrected chi connectivity index (χ3v) is 4.63. The van der Waals surface area contributed by atoms with Crippen molar-refractivity contribution < 1.29 is 19.3 Å². The maximum atomic E-state index is 10.1. The highest BCUT2D eigenvalue weighted by Crippen LogP contribution is 2.46. The highest BCUT2D eigenvalue weighted by atomic mass is 32.2. The molecule has 0 saturated heterocycles. The van der Waals surface area contributed by atoms with Crippen LogP contribution < -0.4 is 9.47 Å². The van der Waals surface area contributed by atoms with Gasteiger partial charge in [-0.2, -0.15) is 0 Å². The van der Waals surface area contributed by atoms with Gasteiger partial charge in [0.15, 0.2) is 11.5 Å². The van der Waals surface area contributed by atoms with Gasteiger partial charge in [-0.25, -0.2) is 0 Å². The first-order chi connectivity index (χ1) is 10.2. The summed E-state index contributed by atoms with van der Waals surface area (Å²) in [5.74, 6) is 0.882. The second-order valence-electron chi connectivity index (χ2n) is 4.64. The van der Waals surface area contributed by atoms with Crippen molar-refractivity contribution in [2.45, 2.75) is 16.9 Å². The normalized spacial score (nSPS) is 17.1. The number of hydrogen-bond acceptors (Lipinski definition) is 5. The predicted molar refractivity (Wildman–Crippen MR) is 81.0 cm³/mol. The molecule has 21 heavy (non-hydrogen) atoms. The van der Waals surface area contributed by atoms with E-state index < -0.39 is 0 Å². The highest BCUT2D eigenvalue weighted by Gasteiger charge is 2.24. The van der Waals surface area contributed by atoms with Gasteiger partial charge in [-0.05, 0) is 29.3 Å². The number of methoxy groups -OCH3 is 2. The molecule has 1 aliphatic rings. The van der Waals surface area contributed by atoms with E-state index in [2.05, 4.69) is 12.1 Å². The fourth-order valence-corrected chi connectivity index (χ4v) is 3.39. The van der Waals surface area contributed by atoms with Crippen LogP contribution in [-0.4, -0.2) is 19.3 Å². The molecule has 3 rings (SSSR count). The Morgan fingerprint density at radius 3 is 2.76 bits per heavy atom. The van der Waals surface area contributed by atoms with Crippen molar-refractivity contribution in [1.82, 2.24) is 0 Å². The van der Waals surface area contributed by atoms with Gasteiger partial charge in [-0.3, -0.25) is 0 Å². The summed E-state index contributed by atoms with van der Waals surface area (Å²) in [6.45, 7) is 0.558. The zero-order valence-corrected chi connectivity index (χ0v) is 12.6. The van der Waals surface area contributed by atoms with Crippen LogP contribution in [0.25, 0.3) is 0 Å². The minimum absolute atomic E-state index is 0.0508. The summed E-state index contributed by atoms with van der Waals surface area (Å²) >= 11 is 1.62. The second-order valence-corrected chi connectivity index (χ2v) is 5.75. The van der Waals surface area contributed by atoms with E-state index in [1.54, 1.807) is 24.9 Å². The van der Waals surface area contributed by atoms with Crippen LogP contribution in [0.2, 0.25) is 0 Å². The first kappa shape index (κ1) is 14.1. The summed E-state index contributed by atoms with van der Waals surface area (Å²) in [7, 11) is 3.05. The summed E-state index contributed by atoms with van der Waals surface area (Å²) < 4.78 is 16.3. The largest absolute Gasteiger partial charge is 0.504 e. The van der Waals surface area contributed by atoms with Crippen LogP contribution >= 0.6 is 11.8 Å². The van der Waals surface area contributed by atoms with Crippen LogP contribution in [0.1, 0.15) is 16.6 Å². The molecule has 0 radical (unpaired) electrons. The first-order valence-corrected chi connectivity index (χ1v) is 7.42. The fraction of sp³-hybridized carbons (Fsp3) is 0.250. The highest BCUT2D eigenvalue weighted by molar-refractivity contribution is 7.99. The Balaban J connectivity index is 1.93. The molecule has 4 nitrogen and oxygen atoms in total. The van der Waals surface area contributed by atoms with Crippen molar-refractivity contribution in [3.05, 3.63) is 47.5 Å². The second kappa shape index (κ2) is 5.87. The Morgan fingerprint density at radius 2 is 2.00 bits per heavy atom. The lowest BCUT2D eigenvalue weighted by molar-refractivity contribution is 0.0923. The molecule has 5 heteroatoms. The Hall–Kier alpha value is -1.85. The molecular formula is C16H16O4S. The number of phenols is 1. The standard InChI is InChI=1S/C16H16O4S/c1-18-13-8-11(7-12(17)15(13)19-2)16-20-9-10-5-3-4-6-14(10)21-16/h3-8,16-17H,9H2,1-2H3. The summed E-state index contributed by atoms with van der Waals surface area (Å²) in [6, 6.07) is 11.7. The van der Waals surface area contributed by atoms with Crippen molar-refractivity contribution >= 4 is 11.8 Å². The monoisotopic (exact) mass is 304 g/mol. The van der Waals surface area contributed by atoms with Crippen molar-refractivity contribution in [2.75, 3.05) is 14.2 Å². The Labute approximate surface area is 127 Å². The van der Waals surface area contributed by atoms with Gasteiger partial charge in [0.2, 0.25) is 5.75 Å². The van der Waals surface area contributed by atoms with Gasteiger partial charge in [0, 0.05) is 4.90 Å². The Bertz CT molecular complexity index is 657. The summed E-state index contributed by atoms with van der Waals surface area (Å²) in [5.41, 5.74) is 1.86. The van der Waals surface area contributed by atoms with E-state index in [1.807, 2.05) is 18.2 Å². The van der Waals surface area contributed by atoms with Crippen LogP contribution in [0.4, 0.5) is 0 Å². The van der Waals surface area contributed by atoms with Gasteiger partial charge in [0.25, 0.3) is 0 Å². The van der Waals surface area contributed by atoms with Gasteiger partial charge < -0.3 is 19.3 Å². The summed E-state index contributed by atoms with van der Waals surface area (Å²) in [5, 5.41) is 10.1. The molecule has 2 aromatic rings. The lowest BCUT2D eigenvalue weighted by Crippen LogP contribution is -2.08. The Morgan fingerprint density at radius 1 is 1.19 bits per heavy atom. The average molecular weight is 304 g/mol. The van der Waals surface area contributed by atoms with E-state index >= 15 is 0 Å². The van der Waals surface area contributed by atoms with E-state index in [1.165, 1.54) is 17.6 Å². The zero-order valence-electron chi connectivity index (χ0n) is 11.8. The molecule has 0 fully saturated rings. The molecule has 1 atom stereocenters. The first-order valence-electron chi connectivity index (χ1n) is 6.54. The van der Waals surface area contributed by atoms with Crippen LogP contribution in [0.15, 0.2) is 41.3 Å². The maximum absolute atomic E-state index is 10.1. The molecule has 2 aromatic carbocycles. The third-order valence-electron chi connectivity index (χ3n) is 3.35. The molecule has 0 spiro atoms. The topological polar surface area (TPSA) is 47.9 Å². The lowest BCUT2D eigenvalue weighted by atomic mass is 10.2. The molecule has 0 bridgehead atoms. The molecule has 0 aliphatic carbocycles. The van der Waals surface area contributed by atoms with Crippen LogP contribution in [0.3, 0.4) is 0 Å². The quantitative estimate of drug-likeness (QED) is 0.936.